The highest BCUT2D eigenvalue weighted by Crippen LogP contribution is 2.28. The maximum Gasteiger partial charge on any atom is 0.143 e. The van der Waals surface area contributed by atoms with Gasteiger partial charge in [0.25, 0.3) is 0 Å². The minimum Gasteiger partial charge on any atom is -0.495 e. The Balaban J connectivity index is 1.70. The molecule has 2 N–H and O–H groups in total. The van der Waals surface area contributed by atoms with E-state index in [-0.39, 0.29) is 0 Å². The molecule has 3 aromatic carbocycles. The Morgan fingerprint density at radius 1 is 0.792 bits per heavy atom. The van der Waals surface area contributed by atoms with E-state index in [2.05, 4.69) is 10.9 Å². The Morgan fingerprint density at radius 2 is 1.58 bits per heavy atom. The molecule has 3 rings (SSSR count). The summed E-state index contributed by atoms with van der Waals surface area (Å²) in [5, 5.41) is 0.626. The number of hydrogen-bond donors (Lipinski definition) is 2. The van der Waals surface area contributed by atoms with Gasteiger partial charge in [0, 0.05) is 11.1 Å². The first kappa shape index (κ1) is 16.0. The first-order valence-electron chi connectivity index (χ1n) is 7.43. The smallest absolute Gasteiger partial charge is 0.143 e. The van der Waals surface area contributed by atoms with Crippen LogP contribution in [0.2, 0.25) is 5.02 Å². The van der Waals surface area contributed by atoms with Crippen LogP contribution in [-0.2, 0) is 0 Å². The van der Waals surface area contributed by atoms with Gasteiger partial charge in [0.05, 0.1) is 18.5 Å². The highest BCUT2D eigenvalue weighted by atomic mass is 35.5. The average Bonchev–Trinajstić information content (AvgIpc) is 2.61. The van der Waals surface area contributed by atoms with Gasteiger partial charge in [-0.25, -0.2) is 0 Å². The van der Waals surface area contributed by atoms with E-state index in [0.29, 0.717) is 10.8 Å². The number of nitrogens with one attached hydrogen (secondary N) is 2. The first-order valence-corrected chi connectivity index (χ1v) is 7.81. The zero-order valence-corrected chi connectivity index (χ0v) is 13.9. The van der Waals surface area contributed by atoms with Crippen LogP contribution in [0, 0.1) is 0 Å². The average molecular weight is 341 g/mol. The highest BCUT2D eigenvalue weighted by Gasteiger charge is 2.04. The normalized spacial score (nSPS) is 10.1. The van der Waals surface area contributed by atoms with Crippen LogP contribution in [0.15, 0.2) is 72.8 Å². The summed E-state index contributed by atoms with van der Waals surface area (Å²) in [7, 11) is 1.61. The summed E-state index contributed by atoms with van der Waals surface area (Å²) >= 11 is 6.03. The molecule has 0 aliphatic rings. The van der Waals surface area contributed by atoms with E-state index in [1.165, 1.54) is 0 Å². The molecule has 0 aromatic heterocycles. The molecular formula is C19H17ClN2O2. The van der Waals surface area contributed by atoms with Crippen molar-refractivity contribution in [3.63, 3.8) is 0 Å². The van der Waals surface area contributed by atoms with Gasteiger partial charge in [-0.2, -0.15) is 0 Å². The maximum atomic E-state index is 6.03. The molecule has 0 radical (unpaired) electrons. The molecular weight excluding hydrogens is 324 g/mol. The summed E-state index contributed by atoms with van der Waals surface area (Å²) in [6.07, 6.45) is 0. The van der Waals surface area contributed by atoms with Crippen LogP contribution in [0.25, 0.3) is 0 Å². The fourth-order valence-corrected chi connectivity index (χ4v) is 2.35. The number of anilines is 2. The molecule has 0 atom stereocenters. The van der Waals surface area contributed by atoms with Gasteiger partial charge in [0.15, 0.2) is 0 Å². The number of rotatable bonds is 6. The summed E-state index contributed by atoms with van der Waals surface area (Å²) < 4.78 is 11.1. The molecule has 0 aliphatic heterocycles. The standard InChI is InChI=1S/C19H17ClN2O2/c1-23-19-11-10-14(20)12-18(19)22-21-15-6-5-9-17(13-15)24-16-7-3-2-4-8-16/h2-13,21-22H,1H3. The van der Waals surface area contributed by atoms with Gasteiger partial charge in [0.2, 0.25) is 0 Å². The van der Waals surface area contributed by atoms with Crippen molar-refractivity contribution >= 4 is 23.0 Å². The molecule has 0 bridgehead atoms. The van der Waals surface area contributed by atoms with Crippen molar-refractivity contribution in [2.45, 2.75) is 0 Å². The van der Waals surface area contributed by atoms with Crippen molar-refractivity contribution < 1.29 is 9.47 Å². The Kier molecular flexibility index (Phi) is 5.08. The highest BCUT2D eigenvalue weighted by molar-refractivity contribution is 6.30. The van der Waals surface area contributed by atoms with Gasteiger partial charge in [-0.3, -0.25) is 5.43 Å². The number of methoxy groups -OCH3 is 1. The van der Waals surface area contributed by atoms with Crippen molar-refractivity contribution in [1.82, 2.24) is 0 Å². The lowest BCUT2D eigenvalue weighted by atomic mass is 10.3. The molecule has 122 valence electrons. The predicted octanol–water partition coefficient (Wildman–Crippen LogP) is 5.58. The quantitative estimate of drug-likeness (QED) is 0.575. The van der Waals surface area contributed by atoms with E-state index < -0.39 is 0 Å². The van der Waals surface area contributed by atoms with Gasteiger partial charge < -0.3 is 14.9 Å². The van der Waals surface area contributed by atoms with Crippen LogP contribution >= 0.6 is 11.6 Å². The molecule has 0 unspecified atom stereocenters. The molecule has 0 saturated carbocycles. The summed E-state index contributed by atoms with van der Waals surface area (Å²) in [6.45, 7) is 0. The van der Waals surface area contributed by atoms with Gasteiger partial charge in [-0.15, -0.1) is 0 Å². The van der Waals surface area contributed by atoms with Crippen LogP contribution in [-0.4, -0.2) is 7.11 Å². The molecule has 4 nitrogen and oxygen atoms in total. The number of hydrazine groups is 1. The maximum absolute atomic E-state index is 6.03. The second-order valence-electron chi connectivity index (χ2n) is 5.04. The Labute approximate surface area is 146 Å². The van der Waals surface area contributed by atoms with Crippen molar-refractivity contribution in [2.75, 3.05) is 18.0 Å². The van der Waals surface area contributed by atoms with E-state index >= 15 is 0 Å². The molecule has 24 heavy (non-hydrogen) atoms. The molecule has 0 spiro atoms. The fraction of sp³-hybridized carbons (Fsp3) is 0.0526. The van der Waals surface area contributed by atoms with Gasteiger partial charge in [0.1, 0.15) is 17.2 Å². The Hall–Kier alpha value is -2.85. The van der Waals surface area contributed by atoms with Crippen LogP contribution in [0.5, 0.6) is 17.2 Å². The molecule has 0 saturated heterocycles. The lowest BCUT2D eigenvalue weighted by molar-refractivity contribution is 0.416. The molecule has 0 amide bonds. The molecule has 0 aliphatic carbocycles. The number of benzene rings is 3. The Morgan fingerprint density at radius 3 is 2.38 bits per heavy atom. The topological polar surface area (TPSA) is 42.5 Å². The van der Waals surface area contributed by atoms with E-state index in [4.69, 9.17) is 21.1 Å². The van der Waals surface area contributed by atoms with Gasteiger partial charge in [-0.05, 0) is 42.5 Å². The van der Waals surface area contributed by atoms with Gasteiger partial charge in [-0.1, -0.05) is 35.9 Å². The predicted molar refractivity (Wildman–Crippen MR) is 98.2 cm³/mol. The lowest BCUT2D eigenvalue weighted by Gasteiger charge is -2.14. The van der Waals surface area contributed by atoms with Crippen molar-refractivity contribution in [2.24, 2.45) is 0 Å². The number of para-hydroxylation sites is 1. The van der Waals surface area contributed by atoms with Crippen LogP contribution in [0.1, 0.15) is 0 Å². The molecule has 3 aromatic rings. The molecule has 0 fully saturated rings. The minimum atomic E-state index is 0.626. The van der Waals surface area contributed by atoms with E-state index in [9.17, 15) is 0 Å². The summed E-state index contributed by atoms with van der Waals surface area (Å²) in [6, 6.07) is 22.7. The SMILES string of the molecule is COc1ccc(Cl)cc1NNc1cccc(Oc2ccccc2)c1. The molecule has 0 heterocycles. The number of ether oxygens (including phenoxy) is 2. The third kappa shape index (κ3) is 4.12. The van der Waals surface area contributed by atoms with E-state index in [1.807, 2.05) is 54.6 Å². The van der Waals surface area contributed by atoms with Gasteiger partial charge >= 0.3 is 0 Å². The van der Waals surface area contributed by atoms with Crippen molar-refractivity contribution in [3.05, 3.63) is 77.8 Å². The third-order valence-corrected chi connectivity index (χ3v) is 3.55. The lowest BCUT2D eigenvalue weighted by Crippen LogP contribution is -2.09. The number of hydrogen-bond acceptors (Lipinski definition) is 4. The first-order chi connectivity index (χ1) is 11.7. The summed E-state index contributed by atoms with van der Waals surface area (Å²) in [5.74, 6) is 2.23. The fourth-order valence-electron chi connectivity index (χ4n) is 2.18. The second kappa shape index (κ2) is 7.62. The minimum absolute atomic E-state index is 0.626. The molecule has 5 heteroatoms. The summed E-state index contributed by atoms with van der Waals surface area (Å²) in [5.41, 5.74) is 7.82. The third-order valence-electron chi connectivity index (χ3n) is 3.32. The second-order valence-corrected chi connectivity index (χ2v) is 5.47. The van der Waals surface area contributed by atoms with Crippen LogP contribution < -0.4 is 20.3 Å². The summed E-state index contributed by atoms with van der Waals surface area (Å²) in [4.78, 5) is 0. The van der Waals surface area contributed by atoms with E-state index in [1.54, 1.807) is 25.3 Å². The number of halogens is 1. The van der Waals surface area contributed by atoms with Crippen molar-refractivity contribution in [1.29, 1.82) is 0 Å². The van der Waals surface area contributed by atoms with E-state index in [0.717, 1.165) is 22.9 Å². The van der Waals surface area contributed by atoms with Crippen LogP contribution in [0.4, 0.5) is 11.4 Å². The van der Waals surface area contributed by atoms with Crippen molar-refractivity contribution in [3.8, 4) is 17.2 Å². The largest absolute Gasteiger partial charge is 0.495 e. The monoisotopic (exact) mass is 340 g/mol. The zero-order chi connectivity index (χ0) is 16.8. The zero-order valence-electron chi connectivity index (χ0n) is 13.1. The Bertz CT molecular complexity index is 809. The van der Waals surface area contributed by atoms with Crippen LogP contribution in [0.3, 0.4) is 0 Å².